The summed E-state index contributed by atoms with van der Waals surface area (Å²) in [7, 11) is 0. The Hall–Kier alpha value is -1.07. The van der Waals surface area contributed by atoms with E-state index in [0.717, 1.165) is 6.42 Å². The van der Waals surface area contributed by atoms with Crippen LogP contribution >= 0.6 is 11.8 Å². The molecule has 0 fully saturated rings. The summed E-state index contributed by atoms with van der Waals surface area (Å²) < 4.78 is 13.4. The normalized spacial score (nSPS) is 12.2. The van der Waals surface area contributed by atoms with E-state index in [2.05, 4.69) is 5.43 Å². The van der Waals surface area contributed by atoms with Crippen LogP contribution in [0.5, 0.6) is 0 Å². The minimum absolute atomic E-state index is 0.268. The molecule has 0 saturated heterocycles. The van der Waals surface area contributed by atoms with Gasteiger partial charge in [-0.15, -0.1) is 11.8 Å². The van der Waals surface area contributed by atoms with Crippen LogP contribution in [0.3, 0.4) is 0 Å². The predicted molar refractivity (Wildman–Crippen MR) is 63.3 cm³/mol. The molecule has 88 valence electrons. The van der Waals surface area contributed by atoms with E-state index in [-0.39, 0.29) is 17.0 Å². The quantitative estimate of drug-likeness (QED) is 0.360. The van der Waals surface area contributed by atoms with Crippen molar-refractivity contribution in [2.45, 2.75) is 29.9 Å². The Morgan fingerprint density at radius 1 is 1.56 bits per heavy atom. The monoisotopic (exact) mass is 242 g/mol. The number of hydrogen-bond donors (Lipinski definition) is 2. The first kappa shape index (κ1) is 13.0. The van der Waals surface area contributed by atoms with Gasteiger partial charge in [-0.2, -0.15) is 0 Å². The summed E-state index contributed by atoms with van der Waals surface area (Å²) in [6, 6.07) is 6.41. The zero-order valence-electron chi connectivity index (χ0n) is 9.07. The molecule has 5 heteroatoms. The highest BCUT2D eigenvalue weighted by Crippen LogP contribution is 2.28. The lowest BCUT2D eigenvalue weighted by Gasteiger charge is -2.14. The fourth-order valence-corrected chi connectivity index (χ4v) is 2.47. The second kappa shape index (κ2) is 6.50. The number of carbonyl (C=O) groups is 1. The van der Waals surface area contributed by atoms with Gasteiger partial charge in [0.2, 0.25) is 5.91 Å². The molecule has 0 aliphatic rings. The maximum absolute atomic E-state index is 13.4. The van der Waals surface area contributed by atoms with Gasteiger partial charge in [-0.1, -0.05) is 25.5 Å². The summed E-state index contributed by atoms with van der Waals surface area (Å²) in [5, 5.41) is -0.341. The third kappa shape index (κ3) is 3.50. The molecule has 16 heavy (non-hydrogen) atoms. The summed E-state index contributed by atoms with van der Waals surface area (Å²) in [5.41, 5.74) is 2.11. The average molecular weight is 242 g/mol. The minimum atomic E-state index is -0.341. The van der Waals surface area contributed by atoms with Crippen molar-refractivity contribution in [3.05, 3.63) is 30.1 Å². The van der Waals surface area contributed by atoms with Crippen LogP contribution < -0.4 is 11.3 Å². The second-order valence-electron chi connectivity index (χ2n) is 3.33. The Labute approximate surface area is 98.6 Å². The van der Waals surface area contributed by atoms with Gasteiger partial charge in [-0.3, -0.25) is 10.2 Å². The number of benzene rings is 1. The zero-order valence-corrected chi connectivity index (χ0v) is 9.89. The van der Waals surface area contributed by atoms with E-state index in [4.69, 9.17) is 5.84 Å². The van der Waals surface area contributed by atoms with Gasteiger partial charge in [0.25, 0.3) is 0 Å². The Bertz CT molecular complexity index is 360. The molecule has 0 aliphatic carbocycles. The number of hydrazine groups is 1. The van der Waals surface area contributed by atoms with Crippen molar-refractivity contribution in [3.8, 4) is 0 Å². The smallest absolute Gasteiger partial charge is 0.247 e. The van der Waals surface area contributed by atoms with Crippen LogP contribution in [0.25, 0.3) is 0 Å². The van der Waals surface area contributed by atoms with Crippen molar-refractivity contribution in [1.29, 1.82) is 0 Å². The summed E-state index contributed by atoms with van der Waals surface area (Å²) in [6.07, 6.45) is 1.52. The maximum Gasteiger partial charge on any atom is 0.247 e. The van der Waals surface area contributed by atoms with Crippen molar-refractivity contribution in [1.82, 2.24) is 5.43 Å². The third-order valence-corrected chi connectivity index (χ3v) is 3.41. The fourth-order valence-electron chi connectivity index (χ4n) is 1.29. The molecular formula is C11H15FN2OS. The van der Waals surface area contributed by atoms with Gasteiger partial charge in [0.15, 0.2) is 0 Å². The first-order valence-electron chi connectivity index (χ1n) is 5.10. The molecule has 1 atom stereocenters. The number of amides is 1. The van der Waals surface area contributed by atoms with Crippen LogP contribution in [0.15, 0.2) is 29.2 Å². The summed E-state index contributed by atoms with van der Waals surface area (Å²) in [6.45, 7) is 1.97. The Morgan fingerprint density at radius 2 is 2.25 bits per heavy atom. The molecule has 0 aliphatic heterocycles. The van der Waals surface area contributed by atoms with E-state index in [1.165, 1.54) is 17.8 Å². The van der Waals surface area contributed by atoms with Crippen LogP contribution in [0.2, 0.25) is 0 Å². The highest BCUT2D eigenvalue weighted by atomic mass is 32.2. The van der Waals surface area contributed by atoms with E-state index in [0.29, 0.717) is 11.3 Å². The SMILES string of the molecule is CCCC(Sc1ccccc1F)C(=O)NN. The minimum Gasteiger partial charge on any atom is -0.293 e. The van der Waals surface area contributed by atoms with Gasteiger partial charge < -0.3 is 0 Å². The molecule has 0 saturated carbocycles. The van der Waals surface area contributed by atoms with Crippen molar-refractivity contribution < 1.29 is 9.18 Å². The third-order valence-electron chi connectivity index (χ3n) is 2.09. The molecule has 0 spiro atoms. The van der Waals surface area contributed by atoms with Crippen LogP contribution in [-0.4, -0.2) is 11.2 Å². The molecule has 1 amide bonds. The Morgan fingerprint density at radius 3 is 2.81 bits per heavy atom. The number of thioether (sulfide) groups is 1. The highest BCUT2D eigenvalue weighted by molar-refractivity contribution is 8.00. The van der Waals surface area contributed by atoms with E-state index >= 15 is 0 Å². The van der Waals surface area contributed by atoms with Gasteiger partial charge in [-0.25, -0.2) is 10.2 Å². The Balaban J connectivity index is 2.75. The zero-order chi connectivity index (χ0) is 12.0. The van der Waals surface area contributed by atoms with Crippen molar-refractivity contribution in [2.24, 2.45) is 5.84 Å². The van der Waals surface area contributed by atoms with Crippen LogP contribution in [0.1, 0.15) is 19.8 Å². The topological polar surface area (TPSA) is 55.1 Å². The number of nitrogens with one attached hydrogen (secondary N) is 1. The number of halogens is 1. The van der Waals surface area contributed by atoms with E-state index in [9.17, 15) is 9.18 Å². The Kier molecular flexibility index (Phi) is 5.28. The largest absolute Gasteiger partial charge is 0.293 e. The molecular weight excluding hydrogens is 227 g/mol. The fraction of sp³-hybridized carbons (Fsp3) is 0.364. The maximum atomic E-state index is 13.4. The van der Waals surface area contributed by atoms with Gasteiger partial charge in [0.05, 0.1) is 5.25 Å². The molecule has 1 unspecified atom stereocenters. The first-order chi connectivity index (χ1) is 7.69. The van der Waals surface area contributed by atoms with Crippen LogP contribution in [0.4, 0.5) is 4.39 Å². The van der Waals surface area contributed by atoms with Gasteiger partial charge in [0.1, 0.15) is 5.82 Å². The molecule has 3 N–H and O–H groups in total. The lowest BCUT2D eigenvalue weighted by Crippen LogP contribution is -2.37. The summed E-state index contributed by atoms with van der Waals surface area (Å²) in [4.78, 5) is 11.9. The van der Waals surface area contributed by atoms with Gasteiger partial charge in [0, 0.05) is 4.90 Å². The first-order valence-corrected chi connectivity index (χ1v) is 5.98. The molecule has 1 rings (SSSR count). The lowest BCUT2D eigenvalue weighted by atomic mass is 10.2. The standard InChI is InChI=1S/C11H15FN2OS/c1-2-5-10(11(15)14-13)16-9-7-4-3-6-8(9)12/h3-4,6-7,10H,2,5,13H2,1H3,(H,14,15). The summed E-state index contributed by atoms with van der Waals surface area (Å²) >= 11 is 1.21. The van der Waals surface area contributed by atoms with Gasteiger partial charge >= 0.3 is 0 Å². The van der Waals surface area contributed by atoms with Gasteiger partial charge in [-0.05, 0) is 18.6 Å². The lowest BCUT2D eigenvalue weighted by molar-refractivity contribution is -0.120. The van der Waals surface area contributed by atoms with Crippen LogP contribution in [0, 0.1) is 5.82 Å². The molecule has 0 bridgehead atoms. The van der Waals surface area contributed by atoms with Crippen LogP contribution in [-0.2, 0) is 4.79 Å². The molecule has 1 aromatic carbocycles. The van der Waals surface area contributed by atoms with E-state index < -0.39 is 0 Å². The predicted octanol–water partition coefficient (Wildman–Crippen LogP) is 2.08. The average Bonchev–Trinajstić information content (AvgIpc) is 2.30. The number of hydrogen-bond acceptors (Lipinski definition) is 3. The van der Waals surface area contributed by atoms with Crippen molar-refractivity contribution >= 4 is 17.7 Å². The molecule has 0 radical (unpaired) electrons. The number of carbonyl (C=O) groups excluding carboxylic acids is 1. The molecule has 3 nitrogen and oxygen atoms in total. The second-order valence-corrected chi connectivity index (χ2v) is 4.58. The molecule has 1 aromatic rings. The van der Waals surface area contributed by atoms with Crippen molar-refractivity contribution in [2.75, 3.05) is 0 Å². The van der Waals surface area contributed by atoms with Crippen molar-refractivity contribution in [3.63, 3.8) is 0 Å². The van der Waals surface area contributed by atoms with E-state index in [1.54, 1.807) is 18.2 Å². The number of nitrogens with two attached hydrogens (primary N) is 1. The molecule has 0 heterocycles. The number of rotatable bonds is 5. The van der Waals surface area contributed by atoms with E-state index in [1.807, 2.05) is 6.92 Å². The summed E-state index contributed by atoms with van der Waals surface area (Å²) in [5.74, 6) is 4.51. The molecule has 0 aromatic heterocycles. The highest BCUT2D eigenvalue weighted by Gasteiger charge is 2.19.